The molecule has 6 nitrogen and oxygen atoms in total. The van der Waals surface area contributed by atoms with Crippen LogP contribution in [0.5, 0.6) is 17.2 Å². The number of pyridine rings is 1. The first-order valence-corrected chi connectivity index (χ1v) is 26.0. The number of imidazole rings is 1. The van der Waals surface area contributed by atoms with Gasteiger partial charge >= 0.3 is 0 Å². The number of hydrogen-bond acceptors (Lipinski definition) is 3. The van der Waals surface area contributed by atoms with E-state index in [-0.39, 0.29) is 11.2 Å². The van der Waals surface area contributed by atoms with Crippen molar-refractivity contribution in [2.45, 2.75) is 39.3 Å². The van der Waals surface area contributed by atoms with Gasteiger partial charge in [0.15, 0.2) is 11.5 Å². The second-order valence-electron chi connectivity index (χ2n) is 19.5. The van der Waals surface area contributed by atoms with Crippen molar-refractivity contribution in [1.29, 1.82) is 0 Å². The third-order valence-electron chi connectivity index (χ3n) is 14.3. The summed E-state index contributed by atoms with van der Waals surface area (Å²) >= 11 is 0. The average molecular weight is 883 g/mol. The first-order valence-electron chi connectivity index (χ1n) is 23.0. The van der Waals surface area contributed by atoms with Gasteiger partial charge in [-0.3, -0.25) is 13.7 Å². The molecule has 0 unspecified atom stereocenters. The Morgan fingerprint density at radius 2 is 1.24 bits per heavy atom. The molecule has 3 aromatic heterocycles. The largest absolute Gasteiger partial charge is 0.508 e. The lowest BCUT2D eigenvalue weighted by Crippen LogP contribution is -2.57. The number of fused-ring (bicyclic) bond motifs is 12. The van der Waals surface area contributed by atoms with E-state index in [1.807, 2.05) is 18.3 Å². The summed E-state index contributed by atoms with van der Waals surface area (Å²) in [5, 5.41) is 17.5. The van der Waals surface area contributed by atoms with Gasteiger partial charge < -0.3 is 9.84 Å². The first-order chi connectivity index (χ1) is 32.6. The van der Waals surface area contributed by atoms with Crippen LogP contribution in [0.25, 0.3) is 94.5 Å². The molecule has 7 heteroatoms. The molecule has 2 aliphatic heterocycles. The van der Waals surface area contributed by atoms with Gasteiger partial charge in [0.05, 0.1) is 27.8 Å². The molecule has 0 bridgehead atoms. The number of ether oxygens (including phenoxy) is 1. The Kier molecular flexibility index (Phi) is 8.37. The average Bonchev–Trinajstić information content (AvgIpc) is 3.91. The SMILES string of the molecule is CC(C)(C)c1ccnc(-n2c3ccccc3c3ccc(Oc4ccc5c(c4O)-n4[c-][n+]6c7c(ccc(c74)[Si]5(C)C)-c4ccccc4-c4ccccc4-c4cccc(-c5ccccc5)c4-6)cc32)c1. The van der Waals surface area contributed by atoms with Crippen LogP contribution in [0.1, 0.15) is 26.3 Å². The molecule has 0 fully saturated rings. The van der Waals surface area contributed by atoms with Crippen LogP contribution >= 0.6 is 0 Å². The van der Waals surface area contributed by atoms with E-state index in [2.05, 4.69) is 218 Å². The van der Waals surface area contributed by atoms with Gasteiger partial charge in [-0.2, -0.15) is 0 Å². The summed E-state index contributed by atoms with van der Waals surface area (Å²) in [6, 6.07) is 62.5. The zero-order chi connectivity index (χ0) is 45.3. The first kappa shape index (κ1) is 39.4. The lowest BCUT2D eigenvalue weighted by atomic mass is 9.88. The second-order valence-corrected chi connectivity index (χ2v) is 23.8. The van der Waals surface area contributed by atoms with Crippen LogP contribution in [0, 0.1) is 6.33 Å². The minimum Gasteiger partial charge on any atom is -0.508 e. The minimum absolute atomic E-state index is 0.0465. The Morgan fingerprint density at radius 3 is 2.00 bits per heavy atom. The van der Waals surface area contributed by atoms with Crippen molar-refractivity contribution in [1.82, 2.24) is 14.1 Å². The van der Waals surface area contributed by atoms with Crippen LogP contribution in [-0.4, -0.2) is 27.3 Å². The van der Waals surface area contributed by atoms with E-state index in [4.69, 9.17) is 9.72 Å². The van der Waals surface area contributed by atoms with Gasteiger partial charge in [-0.1, -0.05) is 167 Å². The van der Waals surface area contributed by atoms with Crippen molar-refractivity contribution in [2.75, 3.05) is 0 Å². The number of phenols is 1. The van der Waals surface area contributed by atoms with Gasteiger partial charge in [-0.15, -0.1) is 0 Å². The number of rotatable bonds is 4. The molecule has 0 saturated heterocycles. The molecule has 13 rings (SSSR count). The molecule has 1 N–H and O–H groups in total. The van der Waals surface area contributed by atoms with E-state index in [1.165, 1.54) is 21.9 Å². The third kappa shape index (κ3) is 5.74. The minimum atomic E-state index is -2.47. The summed E-state index contributed by atoms with van der Waals surface area (Å²) in [4.78, 5) is 4.90. The monoisotopic (exact) mass is 882 g/mol. The second kappa shape index (κ2) is 14.2. The Morgan fingerprint density at radius 1 is 0.597 bits per heavy atom. The molecule has 5 heterocycles. The molecular weight excluding hydrogens is 837 g/mol. The van der Waals surface area contributed by atoms with E-state index >= 15 is 0 Å². The van der Waals surface area contributed by atoms with Gasteiger partial charge in [0, 0.05) is 23.0 Å². The summed E-state index contributed by atoms with van der Waals surface area (Å²) in [6.45, 7) is 11.5. The molecule has 2 aliphatic rings. The van der Waals surface area contributed by atoms with E-state index in [0.717, 1.165) is 82.9 Å². The number of para-hydroxylation sites is 2. The normalized spacial score (nSPS) is 13.3. The summed E-state index contributed by atoms with van der Waals surface area (Å²) < 4.78 is 13.5. The fourth-order valence-electron chi connectivity index (χ4n) is 10.9. The molecule has 0 spiro atoms. The van der Waals surface area contributed by atoms with Crippen LogP contribution in [0.4, 0.5) is 0 Å². The van der Waals surface area contributed by atoms with Gasteiger partial charge in [-0.25, -0.2) is 4.98 Å². The fourth-order valence-corrected chi connectivity index (χ4v) is 13.9. The molecule has 8 aromatic carbocycles. The molecule has 0 atom stereocenters. The predicted molar refractivity (Wildman–Crippen MR) is 275 cm³/mol. The zero-order valence-electron chi connectivity index (χ0n) is 38.0. The Labute approximate surface area is 390 Å². The molecule has 322 valence electrons. The van der Waals surface area contributed by atoms with Crippen LogP contribution in [0.15, 0.2) is 182 Å². The van der Waals surface area contributed by atoms with Crippen molar-refractivity contribution in [2.24, 2.45) is 0 Å². The third-order valence-corrected chi connectivity index (χ3v) is 17.8. The van der Waals surface area contributed by atoms with Crippen LogP contribution in [0.2, 0.25) is 13.1 Å². The van der Waals surface area contributed by atoms with E-state index < -0.39 is 8.07 Å². The molecular formula is C60H46N4O2Si. The maximum absolute atomic E-state index is 12.8. The van der Waals surface area contributed by atoms with E-state index in [1.54, 1.807) is 0 Å². The molecule has 0 amide bonds. The maximum atomic E-state index is 12.8. The summed E-state index contributed by atoms with van der Waals surface area (Å²) in [6.07, 6.45) is 5.83. The standard InChI is InChI=1S/C60H46N4O2Si/c1-60(2,3)38-32-33-61-54(34-38)64-49-25-14-13-22-45(49)46-27-26-39(35-50(46)64)66-51-29-31-53-58(59(51)65)63-36-62-55-40(37-16-7-6-8-17-37)23-15-24-47(55)43-20-11-9-18-41(43)42-19-10-12-21-44(42)48-28-30-52(67(53,4)5)57(63)56(48)62/h6-35,65H,1-5H3. The smallest absolute Gasteiger partial charge is 0.270 e. The van der Waals surface area contributed by atoms with Crippen LogP contribution < -0.4 is 19.7 Å². The van der Waals surface area contributed by atoms with Gasteiger partial charge in [0.1, 0.15) is 25.3 Å². The topological polar surface area (TPSA) is 56.1 Å². The van der Waals surface area contributed by atoms with Crippen LogP contribution in [0.3, 0.4) is 0 Å². The van der Waals surface area contributed by atoms with Crippen molar-refractivity contribution in [3.63, 3.8) is 0 Å². The van der Waals surface area contributed by atoms with Crippen molar-refractivity contribution in [3.05, 3.63) is 194 Å². The number of benzene rings is 8. The predicted octanol–water partition coefficient (Wildman–Crippen LogP) is 13.1. The number of aromatic nitrogens is 4. The van der Waals surface area contributed by atoms with E-state index in [9.17, 15) is 5.11 Å². The van der Waals surface area contributed by atoms with Crippen LogP contribution in [-0.2, 0) is 5.41 Å². The molecule has 0 saturated carbocycles. The lowest BCUT2D eigenvalue weighted by molar-refractivity contribution is -0.570. The summed E-state index contributed by atoms with van der Waals surface area (Å²) in [5.74, 6) is 1.93. The highest BCUT2D eigenvalue weighted by Crippen LogP contribution is 2.47. The number of nitrogens with zero attached hydrogens (tertiary/aromatic N) is 4. The molecule has 11 aromatic rings. The quantitative estimate of drug-likeness (QED) is 0.109. The highest BCUT2D eigenvalue weighted by atomic mass is 28.3. The Balaban J connectivity index is 1.05. The van der Waals surface area contributed by atoms with Crippen molar-refractivity contribution < 1.29 is 14.4 Å². The number of phenolic OH excluding ortho intramolecular Hbond substituents is 1. The highest BCUT2D eigenvalue weighted by molar-refractivity contribution is 7.02. The summed E-state index contributed by atoms with van der Waals surface area (Å²) in [7, 11) is -2.47. The number of aromatic hydroxyl groups is 1. The van der Waals surface area contributed by atoms with Gasteiger partial charge in [-0.05, 0) is 102 Å². The highest BCUT2D eigenvalue weighted by Gasteiger charge is 2.40. The van der Waals surface area contributed by atoms with Crippen molar-refractivity contribution >= 4 is 51.3 Å². The lowest BCUT2D eigenvalue weighted by Gasteiger charge is -2.33. The molecule has 0 radical (unpaired) electrons. The summed E-state index contributed by atoms with van der Waals surface area (Å²) in [5.41, 5.74) is 16.1. The molecule has 67 heavy (non-hydrogen) atoms. The Hall–Kier alpha value is -8.00. The Bertz CT molecular complexity index is 3870. The van der Waals surface area contributed by atoms with E-state index in [0.29, 0.717) is 17.2 Å². The zero-order valence-corrected chi connectivity index (χ0v) is 39.0. The molecule has 0 aliphatic carbocycles. The fraction of sp³-hybridized carbons (Fsp3) is 0.100. The van der Waals surface area contributed by atoms with Crippen molar-refractivity contribution in [3.8, 4) is 78.9 Å². The van der Waals surface area contributed by atoms with Gasteiger partial charge in [0.25, 0.3) is 6.33 Å². The van der Waals surface area contributed by atoms with Gasteiger partial charge in [0.2, 0.25) is 0 Å². The number of hydrogen-bond donors (Lipinski definition) is 1. The maximum Gasteiger partial charge on any atom is 0.270 e.